The lowest BCUT2D eigenvalue weighted by Gasteiger charge is -2.23. The molecule has 4 heteroatoms. The molecule has 0 fully saturated rings. The van der Waals surface area contributed by atoms with Crippen molar-refractivity contribution >= 4 is 11.3 Å². The quantitative estimate of drug-likeness (QED) is 0.903. The second-order valence-corrected chi connectivity index (χ2v) is 5.58. The minimum Gasteiger partial charge on any atom is -0.337 e. The number of aromatic nitrogens is 2. The molecule has 3 nitrogen and oxygen atoms in total. The van der Waals surface area contributed by atoms with Gasteiger partial charge in [-0.2, -0.15) is 0 Å². The van der Waals surface area contributed by atoms with E-state index in [1.165, 1.54) is 24.8 Å². The fraction of sp³-hybridized carbons (Fsp3) is 0.462. The van der Waals surface area contributed by atoms with Crippen molar-refractivity contribution in [1.82, 2.24) is 14.9 Å². The van der Waals surface area contributed by atoms with Crippen LogP contribution in [0, 0.1) is 0 Å². The van der Waals surface area contributed by atoms with Crippen LogP contribution in [0.5, 0.6) is 0 Å². The van der Waals surface area contributed by atoms with Gasteiger partial charge in [0.25, 0.3) is 0 Å². The van der Waals surface area contributed by atoms with E-state index >= 15 is 0 Å². The van der Waals surface area contributed by atoms with Crippen molar-refractivity contribution in [2.24, 2.45) is 7.05 Å². The molecule has 2 aromatic rings. The van der Waals surface area contributed by atoms with Gasteiger partial charge < -0.3 is 9.88 Å². The molecule has 1 N–H and O–H groups in total. The summed E-state index contributed by atoms with van der Waals surface area (Å²) in [7, 11) is 2.04. The summed E-state index contributed by atoms with van der Waals surface area (Å²) in [6.07, 6.45) is 7.65. The summed E-state index contributed by atoms with van der Waals surface area (Å²) < 4.78 is 2.07. The van der Waals surface area contributed by atoms with Gasteiger partial charge in [-0.25, -0.2) is 4.98 Å². The highest BCUT2D eigenvalue weighted by Crippen LogP contribution is 2.33. The van der Waals surface area contributed by atoms with Gasteiger partial charge in [0.1, 0.15) is 5.82 Å². The third kappa shape index (κ3) is 2.15. The minimum absolute atomic E-state index is 0.515. The Labute approximate surface area is 106 Å². The third-order valence-electron chi connectivity index (χ3n) is 3.48. The van der Waals surface area contributed by atoms with E-state index in [9.17, 15) is 0 Å². The molecular formula is C13H17N3S. The van der Waals surface area contributed by atoms with Crippen LogP contribution < -0.4 is 5.32 Å². The van der Waals surface area contributed by atoms with Crippen molar-refractivity contribution in [3.05, 3.63) is 40.1 Å². The Morgan fingerprint density at radius 2 is 2.53 bits per heavy atom. The lowest BCUT2D eigenvalue weighted by molar-refractivity contribution is 0.453. The van der Waals surface area contributed by atoms with Crippen LogP contribution in [-0.2, 0) is 20.0 Å². The molecule has 0 saturated carbocycles. The van der Waals surface area contributed by atoms with E-state index in [1.54, 1.807) is 4.88 Å². The Bertz CT molecular complexity index is 500. The summed E-state index contributed by atoms with van der Waals surface area (Å²) in [4.78, 5) is 5.91. The summed E-state index contributed by atoms with van der Waals surface area (Å²) >= 11 is 1.89. The topological polar surface area (TPSA) is 29.9 Å². The summed E-state index contributed by atoms with van der Waals surface area (Å²) in [5, 5.41) is 5.84. The summed E-state index contributed by atoms with van der Waals surface area (Å²) in [6.45, 7) is 0.851. The molecule has 17 heavy (non-hydrogen) atoms. The molecule has 1 aliphatic rings. The second-order valence-electron chi connectivity index (χ2n) is 4.58. The Kier molecular flexibility index (Phi) is 2.99. The van der Waals surface area contributed by atoms with Gasteiger partial charge in [-0.15, -0.1) is 11.3 Å². The van der Waals surface area contributed by atoms with Gasteiger partial charge in [0.2, 0.25) is 0 Å². The third-order valence-corrected chi connectivity index (χ3v) is 4.48. The molecule has 1 unspecified atom stereocenters. The maximum Gasteiger partial charge on any atom is 0.122 e. The number of imidazole rings is 1. The van der Waals surface area contributed by atoms with Crippen molar-refractivity contribution in [2.75, 3.05) is 0 Å². The molecule has 1 atom stereocenters. The Morgan fingerprint density at radius 3 is 3.35 bits per heavy atom. The van der Waals surface area contributed by atoms with E-state index in [0.717, 1.165) is 12.4 Å². The molecule has 0 aliphatic heterocycles. The molecule has 1 aliphatic carbocycles. The van der Waals surface area contributed by atoms with Gasteiger partial charge in [0.15, 0.2) is 0 Å². The number of nitrogens with one attached hydrogen (secondary N) is 1. The molecule has 0 aromatic carbocycles. The number of aryl methyl sites for hydroxylation is 2. The molecule has 3 rings (SSSR count). The molecule has 0 radical (unpaired) electrons. The van der Waals surface area contributed by atoms with E-state index < -0.39 is 0 Å². The average molecular weight is 247 g/mol. The summed E-state index contributed by atoms with van der Waals surface area (Å²) in [5.41, 5.74) is 1.51. The van der Waals surface area contributed by atoms with Gasteiger partial charge in [-0.3, -0.25) is 0 Å². The van der Waals surface area contributed by atoms with Crippen molar-refractivity contribution in [3.63, 3.8) is 0 Å². The first-order valence-electron chi connectivity index (χ1n) is 6.10. The van der Waals surface area contributed by atoms with Gasteiger partial charge >= 0.3 is 0 Å². The summed E-state index contributed by atoms with van der Waals surface area (Å²) in [6, 6.07) is 2.79. The first kappa shape index (κ1) is 11.0. The maximum absolute atomic E-state index is 4.35. The zero-order valence-corrected chi connectivity index (χ0v) is 10.8. The first-order chi connectivity index (χ1) is 8.34. The lowest BCUT2D eigenvalue weighted by Crippen LogP contribution is -2.25. The monoisotopic (exact) mass is 247 g/mol. The highest BCUT2D eigenvalue weighted by atomic mass is 32.1. The van der Waals surface area contributed by atoms with Crippen LogP contribution in [-0.4, -0.2) is 9.55 Å². The fourth-order valence-electron chi connectivity index (χ4n) is 2.48. The maximum atomic E-state index is 4.35. The van der Waals surface area contributed by atoms with Gasteiger partial charge in [0, 0.05) is 30.4 Å². The SMILES string of the molecule is Cn1ccnc1CNC1CCCc2sccc21. The zero-order valence-electron chi connectivity index (χ0n) is 10.0. The van der Waals surface area contributed by atoms with Crippen molar-refractivity contribution in [3.8, 4) is 0 Å². The molecule has 0 amide bonds. The molecular weight excluding hydrogens is 230 g/mol. The van der Waals surface area contributed by atoms with Gasteiger partial charge in [-0.05, 0) is 36.3 Å². The molecule has 0 saturated heterocycles. The minimum atomic E-state index is 0.515. The van der Waals surface area contributed by atoms with Crippen LogP contribution >= 0.6 is 11.3 Å². The second kappa shape index (κ2) is 4.63. The Morgan fingerprint density at radius 1 is 1.59 bits per heavy atom. The van der Waals surface area contributed by atoms with Crippen LogP contribution in [0.1, 0.15) is 35.1 Å². The largest absolute Gasteiger partial charge is 0.337 e. The molecule has 0 spiro atoms. The van der Waals surface area contributed by atoms with Crippen LogP contribution in [0.25, 0.3) is 0 Å². The average Bonchev–Trinajstić information content (AvgIpc) is 2.95. The van der Waals surface area contributed by atoms with Crippen LogP contribution in [0.4, 0.5) is 0 Å². The lowest BCUT2D eigenvalue weighted by atomic mass is 9.94. The fourth-order valence-corrected chi connectivity index (χ4v) is 3.47. The van der Waals surface area contributed by atoms with Gasteiger partial charge in [-0.1, -0.05) is 0 Å². The number of fused-ring (bicyclic) bond motifs is 1. The van der Waals surface area contributed by atoms with E-state index in [2.05, 4.69) is 26.3 Å². The highest BCUT2D eigenvalue weighted by molar-refractivity contribution is 7.10. The number of nitrogens with zero attached hydrogens (tertiary/aromatic N) is 2. The van der Waals surface area contributed by atoms with Crippen LogP contribution in [0.15, 0.2) is 23.8 Å². The predicted molar refractivity (Wildman–Crippen MR) is 70.0 cm³/mol. The van der Waals surface area contributed by atoms with E-state index in [0.29, 0.717) is 6.04 Å². The van der Waals surface area contributed by atoms with Crippen LogP contribution in [0.2, 0.25) is 0 Å². The number of thiophene rings is 1. The van der Waals surface area contributed by atoms with Crippen molar-refractivity contribution < 1.29 is 0 Å². The smallest absolute Gasteiger partial charge is 0.122 e. The van der Waals surface area contributed by atoms with Crippen LogP contribution in [0.3, 0.4) is 0 Å². The molecule has 0 bridgehead atoms. The van der Waals surface area contributed by atoms with E-state index in [1.807, 2.05) is 30.8 Å². The Balaban J connectivity index is 1.70. The summed E-state index contributed by atoms with van der Waals surface area (Å²) in [5.74, 6) is 1.10. The standard InChI is InChI=1S/C13H17N3S/c1-16-7-6-14-13(16)9-15-11-3-2-4-12-10(11)5-8-17-12/h5-8,11,15H,2-4,9H2,1H3. The van der Waals surface area contributed by atoms with Crippen molar-refractivity contribution in [2.45, 2.75) is 31.8 Å². The zero-order chi connectivity index (χ0) is 11.7. The predicted octanol–water partition coefficient (Wildman–Crippen LogP) is 2.65. The normalized spacial score (nSPS) is 19.2. The number of hydrogen-bond donors (Lipinski definition) is 1. The molecule has 2 aromatic heterocycles. The number of rotatable bonds is 3. The van der Waals surface area contributed by atoms with E-state index in [4.69, 9.17) is 0 Å². The Hall–Kier alpha value is -1.13. The highest BCUT2D eigenvalue weighted by Gasteiger charge is 2.20. The first-order valence-corrected chi connectivity index (χ1v) is 6.98. The molecule has 90 valence electrons. The van der Waals surface area contributed by atoms with Crippen molar-refractivity contribution in [1.29, 1.82) is 0 Å². The number of hydrogen-bond acceptors (Lipinski definition) is 3. The van der Waals surface area contributed by atoms with E-state index in [-0.39, 0.29) is 0 Å². The molecule has 2 heterocycles. The van der Waals surface area contributed by atoms with Gasteiger partial charge in [0.05, 0.1) is 6.54 Å².